The molecule has 0 atom stereocenters. The Morgan fingerprint density at radius 3 is 2.61 bits per heavy atom. The minimum atomic E-state index is -0.224. The van der Waals surface area contributed by atoms with Gasteiger partial charge in [0.15, 0.2) is 0 Å². The molecule has 3 rings (SSSR count). The molecule has 2 aromatic carbocycles. The second kappa shape index (κ2) is 10.0. The van der Waals surface area contributed by atoms with Crippen molar-refractivity contribution in [2.75, 3.05) is 5.43 Å². The average Bonchev–Trinajstić information content (AvgIpc) is 3.21. The van der Waals surface area contributed by atoms with Crippen LogP contribution in [0.15, 0.2) is 77.7 Å². The molecule has 0 aliphatic rings. The normalized spacial score (nSPS) is 10.6. The van der Waals surface area contributed by atoms with Gasteiger partial charge in [-0.25, -0.2) is 0 Å². The fourth-order valence-corrected chi connectivity index (χ4v) is 2.22. The highest BCUT2D eigenvalue weighted by Gasteiger charge is 2.00. The topological polar surface area (TPSA) is 100 Å². The molecule has 0 aliphatic carbocycles. The third-order valence-corrected chi connectivity index (χ3v) is 3.72. The van der Waals surface area contributed by atoms with E-state index in [1.165, 1.54) is 18.5 Å². The number of hydrazine groups is 2. The van der Waals surface area contributed by atoms with Crippen LogP contribution in [0.4, 0.5) is 5.69 Å². The van der Waals surface area contributed by atoms with Crippen LogP contribution in [-0.2, 0) is 11.3 Å². The third kappa shape index (κ3) is 6.35. The fourth-order valence-electron chi connectivity index (χ4n) is 2.10. The molecule has 1 aromatic heterocycles. The summed E-state index contributed by atoms with van der Waals surface area (Å²) in [5.74, 6) is 0.795. The van der Waals surface area contributed by atoms with E-state index in [2.05, 4.69) is 26.9 Å². The first kappa shape index (κ1) is 19.3. The van der Waals surface area contributed by atoms with Gasteiger partial charge in [0.1, 0.15) is 12.0 Å². The SMILES string of the molecule is O=C(/C=C\NNNc1ccc(Oc2ccon2)cc1)NCc1ccc(Cl)cc1. The molecule has 0 saturated carbocycles. The molecule has 0 aliphatic heterocycles. The first-order valence-corrected chi connectivity index (χ1v) is 8.70. The molecule has 0 fully saturated rings. The number of ether oxygens (including phenoxy) is 1. The Hall–Kier alpha value is -3.49. The Kier molecular flexibility index (Phi) is 6.89. The predicted molar refractivity (Wildman–Crippen MR) is 105 cm³/mol. The maximum atomic E-state index is 11.7. The van der Waals surface area contributed by atoms with Crippen molar-refractivity contribution in [1.29, 1.82) is 0 Å². The molecular formula is C19H18ClN5O3. The van der Waals surface area contributed by atoms with E-state index < -0.39 is 0 Å². The summed E-state index contributed by atoms with van der Waals surface area (Å²) in [6, 6.07) is 16.1. The van der Waals surface area contributed by atoms with Crippen LogP contribution in [0.25, 0.3) is 0 Å². The van der Waals surface area contributed by atoms with Crippen LogP contribution in [0.1, 0.15) is 5.56 Å². The number of benzene rings is 2. The van der Waals surface area contributed by atoms with Gasteiger partial charge < -0.3 is 25.4 Å². The Morgan fingerprint density at radius 2 is 1.89 bits per heavy atom. The molecule has 0 bridgehead atoms. The summed E-state index contributed by atoms with van der Waals surface area (Å²) in [4.78, 5) is 11.7. The zero-order valence-corrected chi connectivity index (χ0v) is 15.4. The van der Waals surface area contributed by atoms with Crippen LogP contribution in [0.2, 0.25) is 5.02 Å². The molecule has 0 spiro atoms. The highest BCUT2D eigenvalue weighted by molar-refractivity contribution is 6.30. The number of hydrogen-bond acceptors (Lipinski definition) is 7. The van der Waals surface area contributed by atoms with Crippen molar-refractivity contribution in [3.63, 3.8) is 0 Å². The molecule has 0 saturated heterocycles. The van der Waals surface area contributed by atoms with E-state index in [1.54, 1.807) is 30.3 Å². The number of anilines is 1. The van der Waals surface area contributed by atoms with Crippen molar-refractivity contribution in [2.24, 2.45) is 0 Å². The largest absolute Gasteiger partial charge is 0.436 e. The number of carbonyl (C=O) groups is 1. The molecule has 1 heterocycles. The Balaban J connectivity index is 1.33. The van der Waals surface area contributed by atoms with Crippen LogP contribution in [0, 0.1) is 0 Å². The van der Waals surface area contributed by atoms with E-state index in [-0.39, 0.29) is 5.91 Å². The second-order valence-corrected chi connectivity index (χ2v) is 5.97. The number of rotatable bonds is 9. The maximum Gasteiger partial charge on any atom is 0.259 e. The zero-order chi connectivity index (χ0) is 19.6. The Labute approximate surface area is 166 Å². The third-order valence-electron chi connectivity index (χ3n) is 3.47. The van der Waals surface area contributed by atoms with Gasteiger partial charge in [-0.1, -0.05) is 23.7 Å². The average molecular weight is 400 g/mol. The van der Waals surface area contributed by atoms with E-state index >= 15 is 0 Å². The van der Waals surface area contributed by atoms with Crippen molar-refractivity contribution in [2.45, 2.75) is 6.54 Å². The van der Waals surface area contributed by atoms with Crippen molar-refractivity contribution in [3.8, 4) is 11.6 Å². The van der Waals surface area contributed by atoms with Gasteiger partial charge in [0.05, 0.1) is 5.69 Å². The Morgan fingerprint density at radius 1 is 1.11 bits per heavy atom. The van der Waals surface area contributed by atoms with Crippen LogP contribution >= 0.6 is 11.6 Å². The smallest absolute Gasteiger partial charge is 0.259 e. The van der Waals surface area contributed by atoms with E-state index in [0.717, 1.165) is 11.3 Å². The van der Waals surface area contributed by atoms with Crippen LogP contribution < -0.4 is 26.4 Å². The molecule has 3 aromatic rings. The molecule has 144 valence electrons. The van der Waals surface area contributed by atoms with Crippen LogP contribution in [0.3, 0.4) is 0 Å². The molecule has 0 unspecified atom stereocenters. The number of halogens is 1. The number of hydrogen-bond donors (Lipinski definition) is 4. The summed E-state index contributed by atoms with van der Waals surface area (Å²) >= 11 is 5.82. The van der Waals surface area contributed by atoms with Gasteiger partial charge in [0.25, 0.3) is 5.88 Å². The minimum Gasteiger partial charge on any atom is -0.436 e. The summed E-state index contributed by atoms with van der Waals surface area (Å²) in [6.07, 6.45) is 4.29. The van der Waals surface area contributed by atoms with E-state index in [0.29, 0.717) is 23.2 Å². The molecule has 9 heteroatoms. The molecule has 1 amide bonds. The van der Waals surface area contributed by atoms with Gasteiger partial charge >= 0.3 is 0 Å². The van der Waals surface area contributed by atoms with E-state index in [4.69, 9.17) is 20.9 Å². The highest BCUT2D eigenvalue weighted by atomic mass is 35.5. The molecule has 0 radical (unpaired) electrons. The lowest BCUT2D eigenvalue weighted by Crippen LogP contribution is -2.33. The van der Waals surface area contributed by atoms with Crippen LogP contribution in [-0.4, -0.2) is 11.1 Å². The summed E-state index contributed by atoms with van der Waals surface area (Å²) in [7, 11) is 0. The molecular weight excluding hydrogens is 382 g/mol. The van der Waals surface area contributed by atoms with Crippen molar-refractivity contribution < 1.29 is 14.1 Å². The number of aromatic nitrogens is 1. The summed E-state index contributed by atoms with van der Waals surface area (Å²) < 4.78 is 10.2. The lowest BCUT2D eigenvalue weighted by Gasteiger charge is -2.08. The lowest BCUT2D eigenvalue weighted by molar-refractivity contribution is -0.116. The maximum absolute atomic E-state index is 11.7. The number of nitrogens with zero attached hydrogens (tertiary/aromatic N) is 1. The number of nitrogens with one attached hydrogen (secondary N) is 4. The van der Waals surface area contributed by atoms with Gasteiger partial charge in [0.2, 0.25) is 5.91 Å². The lowest BCUT2D eigenvalue weighted by atomic mass is 10.2. The monoisotopic (exact) mass is 399 g/mol. The summed E-state index contributed by atoms with van der Waals surface area (Å²) in [5, 5.41) is 7.10. The van der Waals surface area contributed by atoms with Crippen molar-refractivity contribution >= 4 is 23.2 Å². The quantitative estimate of drug-likeness (QED) is 0.248. The number of carbonyl (C=O) groups excluding carboxylic acids is 1. The van der Waals surface area contributed by atoms with Gasteiger partial charge in [-0.05, 0) is 47.1 Å². The Bertz CT molecular complexity index is 896. The van der Waals surface area contributed by atoms with E-state index in [1.807, 2.05) is 24.3 Å². The highest BCUT2D eigenvalue weighted by Crippen LogP contribution is 2.20. The summed E-state index contributed by atoms with van der Waals surface area (Å²) in [5.41, 5.74) is 10.2. The van der Waals surface area contributed by atoms with Crippen molar-refractivity contribution in [1.82, 2.24) is 21.4 Å². The second-order valence-electron chi connectivity index (χ2n) is 5.54. The van der Waals surface area contributed by atoms with Gasteiger partial charge in [0, 0.05) is 29.9 Å². The fraction of sp³-hybridized carbons (Fsp3) is 0.0526. The first-order valence-electron chi connectivity index (χ1n) is 8.33. The minimum absolute atomic E-state index is 0.224. The van der Waals surface area contributed by atoms with Gasteiger partial charge in [-0.15, -0.1) is 0 Å². The number of amides is 1. The molecule has 28 heavy (non-hydrogen) atoms. The van der Waals surface area contributed by atoms with Gasteiger partial charge in [-0.3, -0.25) is 4.79 Å². The molecule has 4 N–H and O–H groups in total. The summed E-state index contributed by atoms with van der Waals surface area (Å²) in [6.45, 7) is 0.425. The predicted octanol–water partition coefficient (Wildman–Crippen LogP) is 3.37. The van der Waals surface area contributed by atoms with Crippen LogP contribution in [0.5, 0.6) is 11.6 Å². The first-order chi connectivity index (χ1) is 13.7. The van der Waals surface area contributed by atoms with E-state index in [9.17, 15) is 4.79 Å². The van der Waals surface area contributed by atoms with Gasteiger partial charge in [-0.2, -0.15) is 5.53 Å². The molecule has 8 nitrogen and oxygen atoms in total. The zero-order valence-electron chi connectivity index (χ0n) is 14.7. The standard InChI is InChI=1S/C19H18ClN5O3/c20-15-3-1-14(2-4-15)13-21-18(26)9-11-22-25-23-16-5-7-17(8-6-16)28-19-10-12-27-24-19/h1-12,22-23,25H,13H2,(H,21,26)/b11-9-. The van der Waals surface area contributed by atoms with Crippen molar-refractivity contribution in [3.05, 3.63) is 83.7 Å².